The predicted octanol–water partition coefficient (Wildman–Crippen LogP) is 5.10. The van der Waals surface area contributed by atoms with Gasteiger partial charge in [0, 0.05) is 69.1 Å². The van der Waals surface area contributed by atoms with Gasteiger partial charge in [0.2, 0.25) is 0 Å². The Hall–Kier alpha value is -4.17. The average molecular weight is 552 g/mol. The topological polar surface area (TPSA) is 69.6 Å². The molecule has 1 aromatic carbocycles. The molecular weight excluding hydrogens is 517 g/mol. The number of aryl methyl sites for hydroxylation is 1. The van der Waals surface area contributed by atoms with Crippen LogP contribution in [0.2, 0.25) is 0 Å². The molecule has 1 amide bonds. The highest BCUT2D eigenvalue weighted by Gasteiger charge is 2.30. The first-order chi connectivity index (χ1) is 20.0. The van der Waals surface area contributed by atoms with Gasteiger partial charge in [-0.05, 0) is 67.4 Å². The van der Waals surface area contributed by atoms with E-state index in [0.29, 0.717) is 46.6 Å². The van der Waals surface area contributed by atoms with E-state index in [9.17, 15) is 14.0 Å². The molecule has 6 rings (SSSR count). The molecule has 7 nitrogen and oxygen atoms in total. The molecule has 0 bridgehead atoms. The Bertz CT molecular complexity index is 1540. The van der Waals surface area contributed by atoms with Gasteiger partial charge in [0.15, 0.2) is 5.78 Å². The van der Waals surface area contributed by atoms with Crippen LogP contribution in [0, 0.1) is 12.7 Å². The molecule has 8 heteroatoms. The fourth-order valence-electron chi connectivity index (χ4n) is 5.87. The summed E-state index contributed by atoms with van der Waals surface area (Å²) >= 11 is 0. The summed E-state index contributed by atoms with van der Waals surface area (Å²) in [7, 11) is 0. The zero-order valence-corrected chi connectivity index (χ0v) is 23.4. The van der Waals surface area contributed by atoms with Crippen LogP contribution in [-0.4, -0.2) is 64.2 Å². The predicted molar refractivity (Wildman–Crippen MR) is 156 cm³/mol. The summed E-state index contributed by atoms with van der Waals surface area (Å²) in [5.74, 6) is -0.577. The maximum atomic E-state index is 14.1. The smallest absolute Gasteiger partial charge is 0.260 e. The summed E-state index contributed by atoms with van der Waals surface area (Å²) < 4.78 is 14.1. The Morgan fingerprint density at radius 3 is 2.71 bits per heavy atom. The molecule has 0 atom stereocenters. The molecule has 3 aliphatic rings. The molecule has 0 saturated carbocycles. The number of hydrogen-bond acceptors (Lipinski definition) is 6. The normalized spacial score (nSPS) is 16.8. The van der Waals surface area contributed by atoms with E-state index in [1.165, 1.54) is 17.8 Å². The van der Waals surface area contributed by atoms with Crippen LogP contribution in [0.4, 0.5) is 10.1 Å². The minimum atomic E-state index is -0.355. The molecule has 0 N–H and O–H groups in total. The van der Waals surface area contributed by atoms with Gasteiger partial charge in [-0.1, -0.05) is 18.2 Å². The second-order valence-electron chi connectivity index (χ2n) is 11.0. The number of benzene rings is 1. The molecule has 4 heterocycles. The molecule has 1 aliphatic carbocycles. The lowest BCUT2D eigenvalue weighted by Crippen LogP contribution is -2.45. The zero-order chi connectivity index (χ0) is 28.3. The van der Waals surface area contributed by atoms with Crippen LogP contribution in [0.3, 0.4) is 0 Å². The molecule has 2 aromatic heterocycles. The van der Waals surface area contributed by atoms with Gasteiger partial charge in [0.25, 0.3) is 5.91 Å². The third-order valence-electron chi connectivity index (χ3n) is 8.31. The number of Topliss-reactive ketones (excluding diaryl/α,β-unsaturated/α-hetero) is 1. The van der Waals surface area contributed by atoms with Crippen molar-refractivity contribution in [2.45, 2.75) is 39.2 Å². The van der Waals surface area contributed by atoms with Crippen molar-refractivity contribution in [1.82, 2.24) is 19.8 Å². The number of anilines is 1. The van der Waals surface area contributed by atoms with Crippen LogP contribution >= 0.6 is 0 Å². The summed E-state index contributed by atoms with van der Waals surface area (Å²) in [4.78, 5) is 42.7. The number of hydrogen-bond donors (Lipinski definition) is 0. The monoisotopic (exact) mass is 551 g/mol. The lowest BCUT2D eigenvalue weighted by atomic mass is 10.0. The molecule has 2 aliphatic heterocycles. The van der Waals surface area contributed by atoms with E-state index in [4.69, 9.17) is 0 Å². The molecule has 41 heavy (non-hydrogen) atoms. The molecule has 0 unspecified atom stereocenters. The zero-order valence-electron chi connectivity index (χ0n) is 23.4. The lowest BCUT2D eigenvalue weighted by molar-refractivity contribution is 0.0962. The van der Waals surface area contributed by atoms with E-state index in [1.807, 2.05) is 6.92 Å². The second kappa shape index (κ2) is 11.7. The number of amides is 1. The Morgan fingerprint density at radius 2 is 1.90 bits per heavy atom. The average Bonchev–Trinajstić information content (AvgIpc) is 3.50. The molecule has 1 saturated heterocycles. The first-order valence-corrected chi connectivity index (χ1v) is 14.3. The fraction of sp³-hybridized carbons (Fsp3) is 0.333. The quantitative estimate of drug-likeness (QED) is 0.363. The van der Waals surface area contributed by atoms with Crippen molar-refractivity contribution in [2.24, 2.45) is 0 Å². The van der Waals surface area contributed by atoms with E-state index in [1.54, 1.807) is 41.6 Å². The lowest BCUT2D eigenvalue weighted by Gasteiger charge is -2.36. The molecule has 210 valence electrons. The van der Waals surface area contributed by atoms with E-state index in [-0.39, 0.29) is 24.1 Å². The number of aromatic nitrogens is 2. The first-order valence-electron chi connectivity index (χ1n) is 14.3. The summed E-state index contributed by atoms with van der Waals surface area (Å²) in [5.41, 5.74) is 5.86. The van der Waals surface area contributed by atoms with Gasteiger partial charge in [-0.15, -0.1) is 0 Å². The number of ketones is 1. The molecule has 0 spiro atoms. The van der Waals surface area contributed by atoms with Gasteiger partial charge in [-0.3, -0.25) is 24.5 Å². The number of piperazine rings is 1. The van der Waals surface area contributed by atoms with Crippen LogP contribution in [0.15, 0.2) is 72.7 Å². The Kier molecular flexibility index (Phi) is 7.74. The summed E-state index contributed by atoms with van der Waals surface area (Å²) in [6, 6.07) is 9.87. The van der Waals surface area contributed by atoms with Crippen LogP contribution in [0.25, 0.3) is 0 Å². The Morgan fingerprint density at radius 1 is 1.05 bits per heavy atom. The van der Waals surface area contributed by atoms with E-state index >= 15 is 0 Å². The number of allylic oxidation sites excluding steroid dienone is 3. The number of nitrogens with zero attached hydrogens (tertiary/aromatic N) is 5. The minimum absolute atomic E-state index is 0.00958. The van der Waals surface area contributed by atoms with Crippen molar-refractivity contribution in [3.8, 4) is 0 Å². The minimum Gasteiger partial charge on any atom is -0.372 e. The summed E-state index contributed by atoms with van der Waals surface area (Å²) in [6.07, 6.45) is 12.4. The van der Waals surface area contributed by atoms with Crippen molar-refractivity contribution in [1.29, 1.82) is 0 Å². The molecule has 0 radical (unpaired) electrons. The molecule has 1 fully saturated rings. The second-order valence-corrected chi connectivity index (χ2v) is 11.0. The highest BCUT2D eigenvalue weighted by molar-refractivity contribution is 6.08. The van der Waals surface area contributed by atoms with E-state index < -0.39 is 0 Å². The maximum Gasteiger partial charge on any atom is 0.260 e. The summed E-state index contributed by atoms with van der Waals surface area (Å²) in [5, 5.41) is 0. The van der Waals surface area contributed by atoms with Gasteiger partial charge < -0.3 is 9.80 Å². The fourth-order valence-corrected chi connectivity index (χ4v) is 5.87. The van der Waals surface area contributed by atoms with Crippen LogP contribution in [0.5, 0.6) is 0 Å². The van der Waals surface area contributed by atoms with Gasteiger partial charge in [0.1, 0.15) is 5.82 Å². The van der Waals surface area contributed by atoms with Crippen molar-refractivity contribution in [3.63, 3.8) is 0 Å². The van der Waals surface area contributed by atoms with Crippen molar-refractivity contribution in [2.75, 3.05) is 37.6 Å². The number of halogens is 1. The Labute approximate surface area is 240 Å². The number of carbonyl (C=O) groups excluding carboxylic acids is 2. The van der Waals surface area contributed by atoms with Crippen LogP contribution < -0.4 is 4.90 Å². The number of fused-ring (bicyclic) bond motifs is 2. The third kappa shape index (κ3) is 5.84. The number of pyridine rings is 2. The standard InChI is InChI=1S/C33H34FN5O2/c1-23-10-11-26(34)18-25(23)22-39-31-19-24(21-36-30(31)20-29-28(33(39)41)8-4-12-35-29)32(40)9-5-13-37-14-16-38(17-15-37)27-6-2-3-7-27/h2-4,6,8,10-12,18-19,21H,5,7,9,13-17,20,22H2,1H3. The number of rotatable bonds is 8. The number of carbonyl (C=O) groups is 2. The van der Waals surface area contributed by atoms with Crippen molar-refractivity contribution in [3.05, 3.63) is 112 Å². The highest BCUT2D eigenvalue weighted by atomic mass is 19.1. The van der Waals surface area contributed by atoms with Gasteiger partial charge >= 0.3 is 0 Å². The SMILES string of the molecule is Cc1ccc(F)cc1CN1C(=O)c2cccnc2Cc2ncc(C(=O)CCCN3CCN(C4=CC=CC4)CC3)cc21. The van der Waals surface area contributed by atoms with Gasteiger partial charge in [0.05, 0.1) is 29.2 Å². The largest absolute Gasteiger partial charge is 0.372 e. The van der Waals surface area contributed by atoms with Crippen molar-refractivity contribution >= 4 is 17.4 Å². The molecular formula is C33H34FN5O2. The maximum absolute atomic E-state index is 14.1. The van der Waals surface area contributed by atoms with Crippen LogP contribution in [-0.2, 0) is 13.0 Å². The highest BCUT2D eigenvalue weighted by Crippen LogP contribution is 2.32. The van der Waals surface area contributed by atoms with Crippen molar-refractivity contribution < 1.29 is 14.0 Å². The van der Waals surface area contributed by atoms with E-state index in [0.717, 1.165) is 51.1 Å². The summed E-state index contributed by atoms with van der Waals surface area (Å²) in [6.45, 7) is 6.97. The van der Waals surface area contributed by atoms with Crippen LogP contribution in [0.1, 0.15) is 62.5 Å². The van der Waals surface area contributed by atoms with Gasteiger partial charge in [-0.25, -0.2) is 4.39 Å². The van der Waals surface area contributed by atoms with E-state index in [2.05, 4.69) is 38.0 Å². The Balaban J connectivity index is 1.17. The van der Waals surface area contributed by atoms with Gasteiger partial charge in [-0.2, -0.15) is 0 Å². The first kappa shape index (κ1) is 27.0. The third-order valence-corrected chi connectivity index (χ3v) is 8.31. The molecule has 3 aromatic rings.